The number of nitrogens with two attached hydrogens (primary N) is 1. The third-order valence-electron chi connectivity index (χ3n) is 1.25. The molecule has 1 aliphatic rings. The maximum absolute atomic E-state index is 7.16. The lowest BCUT2D eigenvalue weighted by Crippen LogP contribution is -2.39. The Morgan fingerprint density at radius 3 is 3.14 bits per heavy atom. The average molecular weight is 101 g/mol. The predicted octanol–water partition coefficient (Wildman–Crippen LogP) is -0.303. The van der Waals surface area contributed by atoms with Gasteiger partial charge in [0, 0.05) is 12.6 Å². The van der Waals surface area contributed by atoms with Crippen LogP contribution in [0.3, 0.4) is 0 Å². The van der Waals surface area contributed by atoms with Crippen molar-refractivity contribution in [3.05, 3.63) is 0 Å². The van der Waals surface area contributed by atoms with Gasteiger partial charge in [-0.3, -0.25) is 0 Å². The van der Waals surface area contributed by atoms with E-state index in [1.165, 1.54) is 5.31 Å². The summed E-state index contributed by atoms with van der Waals surface area (Å²) in [5.74, 6) is 0. The normalized spacial score (nSPS) is 37.9. The second-order valence-electron chi connectivity index (χ2n) is 2.03. The number of nitrogens with one attached hydrogen (secondary N) is 1. The average Bonchev–Trinajstić information content (AvgIpc) is 1.64. The molecule has 0 saturated carbocycles. The molecular formula is C5H12N2. The smallest absolute Gasteiger partial charge is 0.122 e. The molecule has 1 rings (SSSR count). The first-order chi connectivity index (χ1) is 3.79. The fourth-order valence-corrected chi connectivity index (χ4v) is 0.814. The van der Waals surface area contributed by atoms with Gasteiger partial charge in [0.05, 0.1) is 0 Å². The quantitative estimate of drug-likeness (QED) is 0.439. The van der Waals surface area contributed by atoms with Crippen LogP contribution in [0.5, 0.6) is 0 Å². The molecule has 3 N–H and O–H groups in total. The molecule has 0 aromatic rings. The van der Waals surface area contributed by atoms with E-state index < -0.39 is 0 Å². The molecule has 0 amide bonds. The highest BCUT2D eigenvalue weighted by atomic mass is 14.9. The fraction of sp³-hybridized carbons (Fsp3) is 1.00. The second kappa shape index (κ2) is 2.28. The maximum Gasteiger partial charge on any atom is 0.122 e. The third-order valence-corrected chi connectivity index (χ3v) is 1.25. The number of piperidine rings is 1. The topological polar surface area (TPSA) is 38.0 Å². The highest BCUT2D eigenvalue weighted by Crippen LogP contribution is 1.96. The van der Waals surface area contributed by atoms with Crippen LogP contribution in [0.25, 0.3) is 0 Å². The van der Waals surface area contributed by atoms with Gasteiger partial charge in [0.1, 0.15) is 1.41 Å². The Morgan fingerprint density at radius 1 is 1.86 bits per heavy atom. The van der Waals surface area contributed by atoms with Crippen molar-refractivity contribution in [1.29, 1.82) is 0 Å². The molecule has 2 heteroatoms. The van der Waals surface area contributed by atoms with Crippen LogP contribution < -0.4 is 11.0 Å². The summed E-state index contributed by atoms with van der Waals surface area (Å²) in [5.41, 5.74) is 5.56. The molecule has 1 fully saturated rings. The Bertz CT molecular complexity index is 68.8. The van der Waals surface area contributed by atoms with Gasteiger partial charge in [-0.15, -0.1) is 0 Å². The van der Waals surface area contributed by atoms with Crippen LogP contribution in [-0.4, -0.2) is 19.1 Å². The molecule has 0 spiro atoms. The summed E-state index contributed by atoms with van der Waals surface area (Å²) in [7, 11) is 0. The molecule has 0 aliphatic carbocycles. The first-order valence-corrected chi connectivity index (χ1v) is 2.78. The first-order valence-electron chi connectivity index (χ1n) is 3.23. The summed E-state index contributed by atoms with van der Waals surface area (Å²) >= 11 is 0. The highest BCUT2D eigenvalue weighted by molar-refractivity contribution is 4.69. The second-order valence-corrected chi connectivity index (χ2v) is 2.03. The molecule has 7 heavy (non-hydrogen) atoms. The number of hydrogen-bond acceptors (Lipinski definition) is 2. The molecule has 1 saturated heterocycles. The zero-order chi connectivity index (χ0) is 5.98. The predicted molar refractivity (Wildman–Crippen MR) is 30.1 cm³/mol. The summed E-state index contributed by atoms with van der Waals surface area (Å²) in [5, 5.41) is 1.54. The molecule has 2 nitrogen and oxygen atoms in total. The Hall–Kier alpha value is -0.0800. The van der Waals surface area contributed by atoms with E-state index in [2.05, 4.69) is 0 Å². The monoisotopic (exact) mass is 101 g/mol. The third kappa shape index (κ3) is 1.45. The van der Waals surface area contributed by atoms with Gasteiger partial charge in [0.15, 0.2) is 0 Å². The number of rotatable bonds is 0. The van der Waals surface area contributed by atoms with Gasteiger partial charge < -0.3 is 11.0 Å². The van der Waals surface area contributed by atoms with Crippen LogP contribution in [0, 0.1) is 0 Å². The Morgan fingerprint density at radius 2 is 2.71 bits per heavy atom. The maximum atomic E-state index is 7.16. The van der Waals surface area contributed by atoms with Crippen molar-refractivity contribution < 1.29 is 1.41 Å². The molecule has 0 unspecified atom stereocenters. The van der Waals surface area contributed by atoms with E-state index in [9.17, 15) is 0 Å². The molecule has 0 aromatic heterocycles. The van der Waals surface area contributed by atoms with Gasteiger partial charge in [-0.05, 0) is 19.4 Å². The van der Waals surface area contributed by atoms with Crippen LogP contribution in [0.15, 0.2) is 0 Å². The van der Waals surface area contributed by atoms with Crippen molar-refractivity contribution in [2.75, 3.05) is 13.1 Å². The summed E-state index contributed by atoms with van der Waals surface area (Å²) in [6, 6.07) is 0.251. The summed E-state index contributed by atoms with van der Waals surface area (Å²) in [6.07, 6.45) is 2.18. The van der Waals surface area contributed by atoms with E-state index >= 15 is 0 Å². The van der Waals surface area contributed by atoms with Crippen molar-refractivity contribution in [1.82, 2.24) is 5.31 Å². The van der Waals surface area contributed by atoms with E-state index in [-0.39, 0.29) is 6.04 Å². The molecule has 0 aromatic carbocycles. The van der Waals surface area contributed by atoms with Crippen LogP contribution >= 0.6 is 0 Å². The van der Waals surface area contributed by atoms with Gasteiger partial charge in [0.2, 0.25) is 0 Å². The van der Waals surface area contributed by atoms with Crippen molar-refractivity contribution in [3.8, 4) is 0 Å². The molecule has 1 heterocycles. The Labute approximate surface area is 45.5 Å². The lowest BCUT2D eigenvalue weighted by molar-refractivity contribution is 0.459. The zero-order valence-electron chi connectivity index (χ0n) is 5.43. The fourth-order valence-electron chi connectivity index (χ4n) is 0.814. The minimum Gasteiger partial charge on any atom is -0.327 e. The first kappa shape index (κ1) is 3.87. The van der Waals surface area contributed by atoms with Gasteiger partial charge in [-0.25, -0.2) is 0 Å². The minimum atomic E-state index is 0.251. The van der Waals surface area contributed by atoms with Crippen LogP contribution in [0.1, 0.15) is 12.8 Å². The SMILES string of the molecule is [2H]N1CCC[C@@H](N)C1. The van der Waals surface area contributed by atoms with E-state index in [0.29, 0.717) is 0 Å². The van der Waals surface area contributed by atoms with E-state index in [1.807, 2.05) is 0 Å². The molecule has 0 radical (unpaired) electrons. The summed E-state index contributed by atoms with van der Waals surface area (Å²) in [6.45, 7) is 1.65. The Balaban J connectivity index is 2.23. The van der Waals surface area contributed by atoms with E-state index in [0.717, 1.165) is 25.9 Å². The van der Waals surface area contributed by atoms with Gasteiger partial charge in [-0.1, -0.05) is 0 Å². The zero-order valence-corrected chi connectivity index (χ0v) is 4.43. The van der Waals surface area contributed by atoms with Gasteiger partial charge >= 0.3 is 0 Å². The van der Waals surface area contributed by atoms with Crippen LogP contribution in [-0.2, 0) is 0 Å². The van der Waals surface area contributed by atoms with Gasteiger partial charge in [-0.2, -0.15) is 0 Å². The molecule has 1 atom stereocenters. The number of hydrogen-bond donors (Lipinski definition) is 2. The van der Waals surface area contributed by atoms with Crippen molar-refractivity contribution in [3.63, 3.8) is 0 Å². The minimum absolute atomic E-state index is 0.251. The van der Waals surface area contributed by atoms with Crippen LogP contribution in [0.4, 0.5) is 0 Å². The van der Waals surface area contributed by atoms with Crippen molar-refractivity contribution >= 4 is 0 Å². The molecule has 42 valence electrons. The van der Waals surface area contributed by atoms with Crippen molar-refractivity contribution in [2.45, 2.75) is 18.9 Å². The Kier molecular flexibility index (Phi) is 1.26. The lowest BCUT2D eigenvalue weighted by atomic mass is 10.1. The molecule has 0 bridgehead atoms. The largest absolute Gasteiger partial charge is 0.327 e. The highest BCUT2D eigenvalue weighted by Gasteiger charge is 2.05. The molecule has 1 aliphatic heterocycles. The van der Waals surface area contributed by atoms with Crippen molar-refractivity contribution in [2.24, 2.45) is 5.73 Å². The lowest BCUT2D eigenvalue weighted by Gasteiger charge is -2.17. The van der Waals surface area contributed by atoms with Crippen LogP contribution in [0.2, 0.25) is 1.41 Å². The van der Waals surface area contributed by atoms with E-state index in [4.69, 9.17) is 7.15 Å². The van der Waals surface area contributed by atoms with E-state index in [1.54, 1.807) is 0 Å². The summed E-state index contributed by atoms with van der Waals surface area (Å²) < 4.78 is 7.16. The summed E-state index contributed by atoms with van der Waals surface area (Å²) in [4.78, 5) is 0. The molecular weight excluding hydrogens is 88.1 g/mol. The standard InChI is InChI=1S/C5H12N2/c6-5-2-1-3-7-4-5/h5,7H,1-4,6H2/t5-/m1/s1/i/hD. The van der Waals surface area contributed by atoms with Gasteiger partial charge in [0.25, 0.3) is 0 Å².